The molecule has 0 aliphatic rings. The van der Waals surface area contributed by atoms with Crippen molar-refractivity contribution in [2.45, 2.75) is 20.8 Å². The van der Waals surface area contributed by atoms with Crippen LogP contribution >= 0.6 is 0 Å². The van der Waals surface area contributed by atoms with Gasteiger partial charge in [-0.1, -0.05) is 78.4 Å². The maximum absolute atomic E-state index is 3.54. The highest BCUT2D eigenvalue weighted by Gasteiger charge is 2.06. The maximum Gasteiger partial charge on any atom is 0.0439 e. The van der Waals surface area contributed by atoms with Crippen LogP contribution < -0.4 is 5.32 Å². The zero-order valence-electron chi connectivity index (χ0n) is 14.5. The Kier molecular flexibility index (Phi) is 4.81. The number of hydrogen-bond donors (Lipinski definition) is 1. The van der Waals surface area contributed by atoms with Crippen LogP contribution in [0.4, 0.5) is 5.69 Å². The maximum atomic E-state index is 3.54. The van der Waals surface area contributed by atoms with E-state index in [0.29, 0.717) is 0 Å². The molecular formula is C23H23N. The molecule has 0 unspecified atom stereocenters. The average Bonchev–Trinajstić information content (AvgIpc) is 2.59. The molecule has 0 saturated carbocycles. The molecule has 0 bridgehead atoms. The van der Waals surface area contributed by atoms with Crippen LogP contribution in [-0.2, 0) is 0 Å². The second-order valence-corrected chi connectivity index (χ2v) is 6.21. The van der Waals surface area contributed by atoms with E-state index < -0.39 is 0 Å². The quantitative estimate of drug-likeness (QED) is 0.612. The predicted octanol–water partition coefficient (Wildman–Crippen LogP) is 6.11. The Labute approximate surface area is 144 Å². The van der Waals surface area contributed by atoms with Crippen LogP contribution in [-0.4, -0.2) is 0 Å². The van der Waals surface area contributed by atoms with Gasteiger partial charge in [-0.05, 0) is 43.0 Å². The smallest absolute Gasteiger partial charge is 0.0439 e. The molecule has 0 heterocycles. The van der Waals surface area contributed by atoms with Crippen molar-refractivity contribution >= 4 is 11.3 Å². The molecule has 120 valence electrons. The Morgan fingerprint density at radius 3 is 1.62 bits per heavy atom. The molecule has 0 atom stereocenters. The van der Waals surface area contributed by atoms with Gasteiger partial charge in [-0.3, -0.25) is 0 Å². The lowest BCUT2D eigenvalue weighted by Gasteiger charge is -2.14. The van der Waals surface area contributed by atoms with Gasteiger partial charge < -0.3 is 5.32 Å². The van der Waals surface area contributed by atoms with Gasteiger partial charge in [0, 0.05) is 17.5 Å². The number of aryl methyl sites for hydroxylation is 3. The normalized spacial score (nSPS) is 10.3. The molecule has 0 spiro atoms. The van der Waals surface area contributed by atoms with Crippen LogP contribution in [0.3, 0.4) is 0 Å². The van der Waals surface area contributed by atoms with E-state index in [1.807, 2.05) is 12.1 Å². The molecule has 1 nitrogen and oxygen atoms in total. The average molecular weight is 313 g/mol. The van der Waals surface area contributed by atoms with Crippen molar-refractivity contribution in [2.75, 3.05) is 5.32 Å². The van der Waals surface area contributed by atoms with Gasteiger partial charge in [-0.25, -0.2) is 0 Å². The molecule has 0 aromatic heterocycles. The molecule has 1 heteroatoms. The van der Waals surface area contributed by atoms with Crippen LogP contribution in [0.15, 0.2) is 79.0 Å². The van der Waals surface area contributed by atoms with E-state index in [-0.39, 0.29) is 0 Å². The second kappa shape index (κ2) is 7.18. The van der Waals surface area contributed by atoms with Crippen molar-refractivity contribution in [3.05, 3.63) is 107 Å². The standard InChI is InChI=1S/C23H23N/c1-17-14-18(2)23(19(3)15-17)24-16-22(20-10-6-4-7-11-20)21-12-8-5-9-13-21/h4-16,24H,1-3H3. The zero-order valence-corrected chi connectivity index (χ0v) is 14.5. The van der Waals surface area contributed by atoms with E-state index in [1.165, 1.54) is 39.1 Å². The summed E-state index contributed by atoms with van der Waals surface area (Å²) in [6.45, 7) is 6.45. The third kappa shape index (κ3) is 3.57. The Morgan fingerprint density at radius 2 is 1.17 bits per heavy atom. The fourth-order valence-electron chi connectivity index (χ4n) is 3.12. The van der Waals surface area contributed by atoms with Crippen LogP contribution in [0.1, 0.15) is 27.8 Å². The summed E-state index contributed by atoms with van der Waals surface area (Å²) in [4.78, 5) is 0. The van der Waals surface area contributed by atoms with Crippen molar-refractivity contribution in [1.29, 1.82) is 0 Å². The number of nitrogens with one attached hydrogen (secondary N) is 1. The summed E-state index contributed by atoms with van der Waals surface area (Å²) in [6.07, 6.45) is 2.12. The first-order valence-electron chi connectivity index (χ1n) is 8.30. The van der Waals surface area contributed by atoms with Gasteiger partial charge in [-0.15, -0.1) is 0 Å². The first kappa shape index (κ1) is 16.1. The van der Waals surface area contributed by atoms with Crippen LogP contribution in [0.25, 0.3) is 5.57 Å². The molecule has 3 rings (SSSR count). The summed E-state index contributed by atoms with van der Waals surface area (Å²) < 4.78 is 0. The van der Waals surface area contributed by atoms with Crippen LogP contribution in [0.5, 0.6) is 0 Å². The van der Waals surface area contributed by atoms with Gasteiger partial charge >= 0.3 is 0 Å². The summed E-state index contributed by atoms with van der Waals surface area (Å²) in [5.41, 5.74) is 8.62. The third-order valence-electron chi connectivity index (χ3n) is 4.21. The summed E-state index contributed by atoms with van der Waals surface area (Å²) in [5.74, 6) is 0. The van der Waals surface area contributed by atoms with E-state index >= 15 is 0 Å². The minimum Gasteiger partial charge on any atom is -0.361 e. The van der Waals surface area contributed by atoms with Crippen LogP contribution in [0.2, 0.25) is 0 Å². The largest absolute Gasteiger partial charge is 0.361 e. The van der Waals surface area contributed by atoms with Gasteiger partial charge in [-0.2, -0.15) is 0 Å². The van der Waals surface area contributed by atoms with Gasteiger partial charge in [0.25, 0.3) is 0 Å². The van der Waals surface area contributed by atoms with Gasteiger partial charge in [0.1, 0.15) is 0 Å². The fraction of sp³-hybridized carbons (Fsp3) is 0.130. The molecule has 0 fully saturated rings. The number of benzene rings is 3. The lowest BCUT2D eigenvalue weighted by Crippen LogP contribution is -1.98. The van der Waals surface area contributed by atoms with Crippen molar-refractivity contribution in [3.8, 4) is 0 Å². The van der Waals surface area contributed by atoms with Gasteiger partial charge in [0.15, 0.2) is 0 Å². The second-order valence-electron chi connectivity index (χ2n) is 6.21. The summed E-state index contributed by atoms with van der Waals surface area (Å²) >= 11 is 0. The van der Waals surface area contributed by atoms with Crippen LogP contribution in [0, 0.1) is 20.8 Å². The SMILES string of the molecule is Cc1cc(C)c(NC=C(c2ccccc2)c2ccccc2)c(C)c1. The predicted molar refractivity (Wildman–Crippen MR) is 104 cm³/mol. The Hall–Kier alpha value is -2.80. The minimum absolute atomic E-state index is 1.19. The van der Waals surface area contributed by atoms with Gasteiger partial charge in [0.2, 0.25) is 0 Å². The highest BCUT2D eigenvalue weighted by molar-refractivity contribution is 5.81. The first-order chi connectivity index (χ1) is 11.6. The highest BCUT2D eigenvalue weighted by Crippen LogP contribution is 2.26. The van der Waals surface area contributed by atoms with Crippen molar-refractivity contribution in [3.63, 3.8) is 0 Å². The molecule has 0 radical (unpaired) electrons. The number of anilines is 1. The fourth-order valence-corrected chi connectivity index (χ4v) is 3.12. The van der Waals surface area contributed by atoms with E-state index in [2.05, 4.69) is 93.0 Å². The van der Waals surface area contributed by atoms with E-state index in [1.54, 1.807) is 0 Å². The monoisotopic (exact) mass is 313 g/mol. The lowest BCUT2D eigenvalue weighted by molar-refractivity contribution is 1.31. The van der Waals surface area contributed by atoms with E-state index in [0.717, 1.165) is 0 Å². The molecule has 24 heavy (non-hydrogen) atoms. The summed E-state index contributed by atoms with van der Waals surface area (Å²) in [7, 11) is 0. The number of hydrogen-bond acceptors (Lipinski definition) is 1. The zero-order chi connectivity index (χ0) is 16.9. The Morgan fingerprint density at radius 1 is 0.708 bits per heavy atom. The van der Waals surface area contributed by atoms with Crippen molar-refractivity contribution in [1.82, 2.24) is 0 Å². The van der Waals surface area contributed by atoms with E-state index in [9.17, 15) is 0 Å². The third-order valence-corrected chi connectivity index (χ3v) is 4.21. The number of rotatable bonds is 4. The molecule has 0 amide bonds. The van der Waals surface area contributed by atoms with Gasteiger partial charge in [0.05, 0.1) is 0 Å². The first-order valence-corrected chi connectivity index (χ1v) is 8.30. The molecular weight excluding hydrogens is 290 g/mol. The molecule has 0 saturated heterocycles. The molecule has 0 aliphatic heterocycles. The molecule has 3 aromatic rings. The topological polar surface area (TPSA) is 12.0 Å². The van der Waals surface area contributed by atoms with Crippen molar-refractivity contribution in [2.24, 2.45) is 0 Å². The Bertz CT molecular complexity index is 781. The minimum atomic E-state index is 1.19. The summed E-state index contributed by atoms with van der Waals surface area (Å²) in [6, 6.07) is 25.4. The van der Waals surface area contributed by atoms with Crippen molar-refractivity contribution < 1.29 is 0 Å². The Balaban J connectivity index is 2.02. The molecule has 3 aromatic carbocycles. The molecule has 1 N–H and O–H groups in total. The summed E-state index contributed by atoms with van der Waals surface area (Å²) in [5, 5.41) is 3.54. The lowest BCUT2D eigenvalue weighted by atomic mass is 9.98. The van der Waals surface area contributed by atoms with E-state index in [4.69, 9.17) is 0 Å². The molecule has 0 aliphatic carbocycles. The highest BCUT2D eigenvalue weighted by atomic mass is 14.8.